The lowest BCUT2D eigenvalue weighted by Gasteiger charge is -2.22. The Morgan fingerprint density at radius 1 is 1.08 bits per heavy atom. The van der Waals surface area contributed by atoms with Crippen LogP contribution in [0.15, 0.2) is 23.8 Å². The number of rotatable bonds is 11. The van der Waals surface area contributed by atoms with Gasteiger partial charge in [0.1, 0.15) is 12.1 Å². The quantitative estimate of drug-likeness (QED) is 0.489. The van der Waals surface area contributed by atoms with Gasteiger partial charge < -0.3 is 10.2 Å². The minimum atomic E-state index is -1.00. The summed E-state index contributed by atoms with van der Waals surface area (Å²) in [5, 5.41) is 21.3. The van der Waals surface area contributed by atoms with Crippen LogP contribution in [0.4, 0.5) is 0 Å². The van der Waals surface area contributed by atoms with Gasteiger partial charge in [-0.2, -0.15) is 0 Å². The molecule has 140 valence electrons. The molecule has 0 aliphatic carbocycles. The minimum absolute atomic E-state index is 0.184. The molecule has 0 fully saturated rings. The molecule has 0 amide bonds. The molecule has 0 saturated heterocycles. The summed E-state index contributed by atoms with van der Waals surface area (Å²) >= 11 is 0. The smallest absolute Gasteiger partial charge is 0.320 e. The summed E-state index contributed by atoms with van der Waals surface area (Å²) in [5.41, 5.74) is 1.15. The fourth-order valence-corrected chi connectivity index (χ4v) is 2.17. The lowest BCUT2D eigenvalue weighted by molar-refractivity contribution is -0.143. The molecule has 0 heterocycles. The Morgan fingerprint density at radius 3 is 2.00 bits per heavy atom. The number of nitrogens with one attached hydrogen (secondary N) is 1. The number of carboxylic acid groups (broad SMARTS) is 2. The molecule has 0 bridgehead atoms. The molecule has 0 saturated carbocycles. The van der Waals surface area contributed by atoms with E-state index in [9.17, 15) is 19.8 Å². The summed E-state index contributed by atoms with van der Waals surface area (Å²) < 4.78 is 0. The van der Waals surface area contributed by atoms with Crippen LogP contribution in [-0.4, -0.2) is 34.2 Å². The van der Waals surface area contributed by atoms with Crippen LogP contribution in [0.1, 0.15) is 67.2 Å². The van der Waals surface area contributed by atoms with Crippen LogP contribution in [0.25, 0.3) is 0 Å². The van der Waals surface area contributed by atoms with Crippen molar-refractivity contribution in [2.45, 2.75) is 79.3 Å². The van der Waals surface area contributed by atoms with Crippen LogP contribution in [0, 0.1) is 5.92 Å². The highest BCUT2D eigenvalue weighted by Crippen LogP contribution is 2.14. The number of allylic oxidation sites excluding steroid dienone is 4. The van der Waals surface area contributed by atoms with Gasteiger partial charge in [-0.15, -0.1) is 0 Å². The standard InChI is InChI=1S/C17H29NO4.C2H6/c1-5-7-8-13(6-2)9-10-14(16(19)20)18-15(17(21)22)11-12(3)4;1-2/h5,7-8,12,14-15,18H,6,9-11H2,1-4H3,(H,19,20)(H,21,22);1-2H3/b7-5-,13-8+;. The van der Waals surface area contributed by atoms with Gasteiger partial charge in [0.25, 0.3) is 0 Å². The van der Waals surface area contributed by atoms with E-state index in [1.54, 1.807) is 0 Å². The van der Waals surface area contributed by atoms with E-state index in [0.29, 0.717) is 19.3 Å². The highest BCUT2D eigenvalue weighted by molar-refractivity contribution is 5.77. The monoisotopic (exact) mass is 341 g/mol. The van der Waals surface area contributed by atoms with E-state index in [0.717, 1.165) is 12.0 Å². The van der Waals surface area contributed by atoms with E-state index in [1.165, 1.54) is 0 Å². The van der Waals surface area contributed by atoms with Crippen molar-refractivity contribution >= 4 is 11.9 Å². The molecule has 0 aliphatic heterocycles. The minimum Gasteiger partial charge on any atom is -0.480 e. The third kappa shape index (κ3) is 11.9. The zero-order valence-electron chi connectivity index (χ0n) is 16.0. The Bertz CT molecular complexity index is 414. The van der Waals surface area contributed by atoms with E-state index in [1.807, 2.05) is 59.8 Å². The third-order valence-electron chi connectivity index (χ3n) is 3.44. The molecule has 5 nitrogen and oxygen atoms in total. The van der Waals surface area contributed by atoms with Gasteiger partial charge in [0.15, 0.2) is 0 Å². The van der Waals surface area contributed by atoms with E-state index in [-0.39, 0.29) is 5.92 Å². The van der Waals surface area contributed by atoms with Crippen LogP contribution in [-0.2, 0) is 9.59 Å². The Morgan fingerprint density at radius 2 is 1.62 bits per heavy atom. The van der Waals surface area contributed by atoms with Gasteiger partial charge in [-0.25, -0.2) is 0 Å². The number of hydrogen-bond acceptors (Lipinski definition) is 3. The lowest BCUT2D eigenvalue weighted by atomic mass is 9.99. The maximum atomic E-state index is 11.4. The topological polar surface area (TPSA) is 86.6 Å². The van der Waals surface area contributed by atoms with Gasteiger partial charge in [-0.1, -0.05) is 58.4 Å². The lowest BCUT2D eigenvalue weighted by Crippen LogP contribution is -2.47. The van der Waals surface area contributed by atoms with E-state index >= 15 is 0 Å². The molecule has 0 aromatic carbocycles. The van der Waals surface area contributed by atoms with Gasteiger partial charge in [-0.05, 0) is 38.5 Å². The van der Waals surface area contributed by atoms with Gasteiger partial charge >= 0.3 is 11.9 Å². The van der Waals surface area contributed by atoms with Crippen LogP contribution in [0.3, 0.4) is 0 Å². The van der Waals surface area contributed by atoms with E-state index < -0.39 is 24.0 Å². The van der Waals surface area contributed by atoms with Gasteiger partial charge in [0, 0.05) is 0 Å². The Hall–Kier alpha value is -1.62. The first-order chi connectivity index (χ1) is 11.3. The molecule has 2 atom stereocenters. The second-order valence-electron chi connectivity index (χ2n) is 5.82. The van der Waals surface area contributed by atoms with Gasteiger partial charge in [0.05, 0.1) is 0 Å². The first-order valence-electron chi connectivity index (χ1n) is 8.84. The predicted molar refractivity (Wildman–Crippen MR) is 99.2 cm³/mol. The average Bonchev–Trinajstić information content (AvgIpc) is 2.53. The van der Waals surface area contributed by atoms with Crippen LogP contribution in [0.5, 0.6) is 0 Å². The summed E-state index contributed by atoms with van der Waals surface area (Å²) in [6.45, 7) is 11.8. The SMILES string of the molecule is C/C=C\C=C(/CC)CCC(NC(CC(C)C)C(=O)O)C(=O)O.CC. The molecule has 0 aliphatic rings. The number of aliphatic carboxylic acids is 2. The molecule has 2 unspecified atom stereocenters. The summed E-state index contributed by atoms with van der Waals surface area (Å²) in [6, 6.07) is -1.67. The molecule has 24 heavy (non-hydrogen) atoms. The Kier molecular flexibility index (Phi) is 15.3. The van der Waals surface area contributed by atoms with E-state index in [2.05, 4.69) is 5.32 Å². The van der Waals surface area contributed by atoms with Crippen molar-refractivity contribution in [3.8, 4) is 0 Å². The molecule has 5 heteroatoms. The molecule has 0 aromatic rings. The predicted octanol–water partition coefficient (Wildman–Crippen LogP) is 4.25. The maximum Gasteiger partial charge on any atom is 0.320 e. The molecule has 0 aromatic heterocycles. The molecular weight excluding hydrogens is 306 g/mol. The summed E-state index contributed by atoms with van der Waals surface area (Å²) in [6.07, 6.45) is 8.13. The van der Waals surface area contributed by atoms with Gasteiger partial charge in [0.2, 0.25) is 0 Å². The maximum absolute atomic E-state index is 11.4. The largest absolute Gasteiger partial charge is 0.480 e. The second kappa shape index (κ2) is 14.9. The third-order valence-corrected chi connectivity index (χ3v) is 3.44. The van der Waals surface area contributed by atoms with Gasteiger partial charge in [-0.3, -0.25) is 14.9 Å². The molecule has 0 spiro atoms. The van der Waals surface area contributed by atoms with Crippen LogP contribution in [0.2, 0.25) is 0 Å². The van der Waals surface area contributed by atoms with E-state index in [4.69, 9.17) is 0 Å². The van der Waals surface area contributed by atoms with Crippen molar-refractivity contribution in [3.63, 3.8) is 0 Å². The number of hydrogen-bond donors (Lipinski definition) is 3. The second-order valence-corrected chi connectivity index (χ2v) is 5.82. The highest BCUT2D eigenvalue weighted by Gasteiger charge is 2.26. The highest BCUT2D eigenvalue weighted by atomic mass is 16.4. The van der Waals surface area contributed by atoms with Crippen molar-refractivity contribution in [3.05, 3.63) is 23.8 Å². The molecule has 0 radical (unpaired) electrons. The number of carboxylic acids is 2. The zero-order valence-corrected chi connectivity index (χ0v) is 16.0. The summed E-state index contributed by atoms with van der Waals surface area (Å²) in [7, 11) is 0. The first kappa shape index (κ1) is 24.6. The first-order valence-corrected chi connectivity index (χ1v) is 8.84. The fourth-order valence-electron chi connectivity index (χ4n) is 2.17. The zero-order chi connectivity index (χ0) is 19.1. The van der Waals surface area contributed by atoms with Crippen molar-refractivity contribution in [2.24, 2.45) is 5.92 Å². The fraction of sp³-hybridized carbons (Fsp3) is 0.684. The molecule has 3 N–H and O–H groups in total. The van der Waals surface area contributed by atoms with Crippen molar-refractivity contribution in [1.29, 1.82) is 0 Å². The average molecular weight is 341 g/mol. The van der Waals surface area contributed by atoms with Crippen molar-refractivity contribution in [1.82, 2.24) is 5.32 Å². The Balaban J connectivity index is 0. The summed E-state index contributed by atoms with van der Waals surface area (Å²) in [5.74, 6) is -1.82. The number of carbonyl (C=O) groups is 2. The summed E-state index contributed by atoms with van der Waals surface area (Å²) in [4.78, 5) is 22.6. The normalized spacial score (nSPS) is 14.2. The van der Waals surface area contributed by atoms with Crippen LogP contribution < -0.4 is 5.32 Å². The van der Waals surface area contributed by atoms with Crippen molar-refractivity contribution < 1.29 is 19.8 Å². The molecular formula is C19H35NO4. The van der Waals surface area contributed by atoms with Crippen LogP contribution >= 0.6 is 0 Å². The van der Waals surface area contributed by atoms with Crippen molar-refractivity contribution in [2.75, 3.05) is 0 Å². The molecule has 0 rings (SSSR count). The Labute approximate surface area is 146 Å².